The summed E-state index contributed by atoms with van der Waals surface area (Å²) in [5.74, 6) is 0.933. The first-order valence-corrected chi connectivity index (χ1v) is 9.56. The van der Waals surface area contributed by atoms with Gasteiger partial charge in [-0.1, -0.05) is 35.5 Å². The van der Waals surface area contributed by atoms with Gasteiger partial charge in [0.15, 0.2) is 5.82 Å². The Morgan fingerprint density at radius 1 is 1.28 bits per heavy atom. The van der Waals surface area contributed by atoms with Crippen molar-refractivity contribution in [3.8, 4) is 0 Å². The number of piperidine rings is 1. The Kier molecular flexibility index (Phi) is 6.66. The van der Waals surface area contributed by atoms with Gasteiger partial charge in [0.05, 0.1) is 0 Å². The van der Waals surface area contributed by atoms with Crippen molar-refractivity contribution in [2.45, 2.75) is 37.8 Å². The molecule has 0 bridgehead atoms. The summed E-state index contributed by atoms with van der Waals surface area (Å²) >= 11 is 0. The topological polar surface area (TPSA) is 97.9 Å². The summed E-state index contributed by atoms with van der Waals surface area (Å²) in [7, 11) is 0. The summed E-state index contributed by atoms with van der Waals surface area (Å²) in [6.45, 7) is 3.39. The van der Waals surface area contributed by atoms with E-state index in [4.69, 9.17) is 4.52 Å². The van der Waals surface area contributed by atoms with Crippen LogP contribution in [0.25, 0.3) is 0 Å². The van der Waals surface area contributed by atoms with Crippen LogP contribution < -0.4 is 10.6 Å². The maximum Gasteiger partial charge on any atom is 0.248 e. The zero-order valence-corrected chi connectivity index (χ0v) is 17.1. The molecular formula is C20H25ClN6O2. The number of amides is 1. The van der Waals surface area contributed by atoms with E-state index in [1.807, 2.05) is 49.5 Å². The molecule has 0 aliphatic carbocycles. The van der Waals surface area contributed by atoms with Crippen LogP contribution in [0.2, 0.25) is 0 Å². The molecule has 1 atom stereocenters. The van der Waals surface area contributed by atoms with E-state index < -0.39 is 5.54 Å². The van der Waals surface area contributed by atoms with Gasteiger partial charge in [-0.05, 0) is 44.5 Å². The monoisotopic (exact) mass is 416 g/mol. The van der Waals surface area contributed by atoms with Gasteiger partial charge < -0.3 is 15.2 Å². The lowest BCUT2D eigenvalue weighted by atomic mass is 9.87. The van der Waals surface area contributed by atoms with Crippen molar-refractivity contribution in [3.05, 3.63) is 66.1 Å². The molecule has 3 heterocycles. The van der Waals surface area contributed by atoms with Gasteiger partial charge in [0.25, 0.3) is 0 Å². The Labute approximate surface area is 175 Å². The minimum absolute atomic E-state index is 0. The number of benzene rings is 1. The number of rotatable bonds is 6. The van der Waals surface area contributed by atoms with E-state index in [1.165, 1.54) is 0 Å². The van der Waals surface area contributed by atoms with Crippen molar-refractivity contribution < 1.29 is 9.32 Å². The predicted octanol–water partition coefficient (Wildman–Crippen LogP) is 2.23. The summed E-state index contributed by atoms with van der Waals surface area (Å²) in [4.78, 5) is 17.7. The summed E-state index contributed by atoms with van der Waals surface area (Å²) < 4.78 is 7.17. The van der Waals surface area contributed by atoms with Gasteiger partial charge in [-0.2, -0.15) is 10.1 Å². The minimum atomic E-state index is -0.699. The lowest BCUT2D eigenvalue weighted by molar-refractivity contribution is -0.132. The SMILES string of the molecule is CC(NC(=O)C1(n2cccn2)CCNCC1)c1nc(Cc2ccccc2)no1.Cl. The van der Waals surface area contributed by atoms with Gasteiger partial charge >= 0.3 is 0 Å². The fourth-order valence-corrected chi connectivity index (χ4v) is 3.61. The second-order valence-electron chi connectivity index (χ2n) is 7.14. The summed E-state index contributed by atoms with van der Waals surface area (Å²) in [5, 5.41) is 14.7. The van der Waals surface area contributed by atoms with Crippen molar-refractivity contribution in [1.82, 2.24) is 30.6 Å². The molecule has 1 aromatic carbocycles. The molecule has 154 valence electrons. The Morgan fingerprint density at radius 3 is 2.72 bits per heavy atom. The standard InChI is InChI=1S/C20H24N6O2.ClH/c1-15(18-24-17(25-28-18)14-16-6-3-2-4-7-16)23-19(27)20(8-11-21-12-9-20)26-13-5-10-22-26;/h2-7,10,13,15,21H,8-9,11-12,14H2,1H3,(H,23,27);1H. The van der Waals surface area contributed by atoms with E-state index in [2.05, 4.69) is 25.9 Å². The van der Waals surface area contributed by atoms with Crippen LogP contribution in [0.1, 0.15) is 43.1 Å². The quantitative estimate of drug-likeness (QED) is 0.639. The minimum Gasteiger partial charge on any atom is -0.342 e. The molecule has 9 heteroatoms. The van der Waals surface area contributed by atoms with E-state index in [-0.39, 0.29) is 24.4 Å². The maximum atomic E-state index is 13.2. The highest BCUT2D eigenvalue weighted by Gasteiger charge is 2.42. The van der Waals surface area contributed by atoms with Gasteiger partial charge in [-0.25, -0.2) is 0 Å². The van der Waals surface area contributed by atoms with Crippen molar-refractivity contribution in [3.63, 3.8) is 0 Å². The second kappa shape index (κ2) is 9.19. The van der Waals surface area contributed by atoms with Gasteiger partial charge in [0, 0.05) is 18.8 Å². The third-order valence-electron chi connectivity index (χ3n) is 5.20. The van der Waals surface area contributed by atoms with Gasteiger partial charge in [0.1, 0.15) is 11.6 Å². The number of hydrogen-bond acceptors (Lipinski definition) is 6. The number of halogens is 1. The molecule has 2 aromatic heterocycles. The molecule has 1 unspecified atom stereocenters. The van der Waals surface area contributed by atoms with E-state index in [0.29, 0.717) is 31.0 Å². The first-order chi connectivity index (χ1) is 13.7. The smallest absolute Gasteiger partial charge is 0.248 e. The fraction of sp³-hybridized carbons (Fsp3) is 0.400. The molecule has 3 aromatic rings. The normalized spacial score (nSPS) is 16.6. The molecule has 2 N–H and O–H groups in total. The number of nitrogens with zero attached hydrogens (tertiary/aromatic N) is 4. The van der Waals surface area contributed by atoms with E-state index in [1.54, 1.807) is 10.9 Å². The lowest BCUT2D eigenvalue weighted by Crippen LogP contribution is -2.55. The third kappa shape index (κ3) is 4.49. The van der Waals surface area contributed by atoms with E-state index in [9.17, 15) is 4.79 Å². The van der Waals surface area contributed by atoms with E-state index >= 15 is 0 Å². The van der Waals surface area contributed by atoms with Crippen LogP contribution in [0.5, 0.6) is 0 Å². The Hall–Kier alpha value is -2.71. The second-order valence-corrected chi connectivity index (χ2v) is 7.14. The average Bonchev–Trinajstić information content (AvgIpc) is 3.42. The van der Waals surface area contributed by atoms with Crippen molar-refractivity contribution in [2.24, 2.45) is 0 Å². The summed E-state index contributed by atoms with van der Waals surface area (Å²) in [5.41, 5.74) is 0.412. The van der Waals surface area contributed by atoms with Crippen molar-refractivity contribution in [1.29, 1.82) is 0 Å². The number of carbonyl (C=O) groups excluding carboxylic acids is 1. The average molecular weight is 417 g/mol. The maximum absolute atomic E-state index is 13.2. The summed E-state index contributed by atoms with van der Waals surface area (Å²) in [6.07, 6.45) is 5.50. The van der Waals surface area contributed by atoms with Crippen LogP contribution >= 0.6 is 12.4 Å². The highest BCUT2D eigenvalue weighted by atomic mass is 35.5. The number of nitrogens with one attached hydrogen (secondary N) is 2. The van der Waals surface area contributed by atoms with Gasteiger partial charge in [-0.3, -0.25) is 9.48 Å². The van der Waals surface area contributed by atoms with Crippen LogP contribution in [-0.4, -0.2) is 38.9 Å². The largest absolute Gasteiger partial charge is 0.342 e. The van der Waals surface area contributed by atoms with Crippen molar-refractivity contribution >= 4 is 18.3 Å². The molecule has 0 radical (unpaired) electrons. The van der Waals surface area contributed by atoms with Crippen LogP contribution in [0.3, 0.4) is 0 Å². The molecule has 1 saturated heterocycles. The zero-order valence-electron chi connectivity index (χ0n) is 16.2. The fourth-order valence-electron chi connectivity index (χ4n) is 3.61. The molecule has 0 saturated carbocycles. The number of hydrogen-bond donors (Lipinski definition) is 2. The number of aromatic nitrogens is 4. The Bertz CT molecular complexity index is 906. The Morgan fingerprint density at radius 2 is 2.03 bits per heavy atom. The first-order valence-electron chi connectivity index (χ1n) is 9.56. The molecule has 1 fully saturated rings. The molecule has 1 amide bonds. The molecule has 1 aliphatic rings. The van der Waals surface area contributed by atoms with Gasteiger partial charge in [0.2, 0.25) is 11.8 Å². The van der Waals surface area contributed by atoms with Crippen LogP contribution in [0.4, 0.5) is 0 Å². The Balaban J connectivity index is 0.00000240. The highest BCUT2D eigenvalue weighted by molar-refractivity contribution is 5.85. The van der Waals surface area contributed by atoms with Crippen LogP contribution in [-0.2, 0) is 16.8 Å². The third-order valence-corrected chi connectivity index (χ3v) is 5.20. The highest BCUT2D eigenvalue weighted by Crippen LogP contribution is 2.28. The van der Waals surface area contributed by atoms with Crippen LogP contribution in [0, 0.1) is 0 Å². The molecular weight excluding hydrogens is 392 g/mol. The van der Waals surface area contributed by atoms with Crippen LogP contribution in [0.15, 0.2) is 53.3 Å². The molecule has 29 heavy (non-hydrogen) atoms. The van der Waals surface area contributed by atoms with Gasteiger partial charge in [-0.15, -0.1) is 12.4 Å². The zero-order chi connectivity index (χ0) is 19.4. The molecule has 0 spiro atoms. The lowest BCUT2D eigenvalue weighted by Gasteiger charge is -2.36. The molecule has 8 nitrogen and oxygen atoms in total. The molecule has 1 aliphatic heterocycles. The first kappa shape index (κ1) is 21.0. The molecule has 4 rings (SSSR count). The van der Waals surface area contributed by atoms with Crippen molar-refractivity contribution in [2.75, 3.05) is 13.1 Å². The number of carbonyl (C=O) groups is 1. The predicted molar refractivity (Wildman–Crippen MR) is 110 cm³/mol. The summed E-state index contributed by atoms with van der Waals surface area (Å²) in [6, 6.07) is 11.4. The van der Waals surface area contributed by atoms with E-state index in [0.717, 1.165) is 18.7 Å².